The fourth-order valence-electron chi connectivity index (χ4n) is 4.80. The summed E-state index contributed by atoms with van der Waals surface area (Å²) in [5.74, 6) is 1.37. The standard InChI is InChI=1S/C22H31N5O/c1-4-12-27-13-11-22(10-9-21(27)28)17-26(15-14-24(22)2)16-20-23-18-7-5-6-8-19(18)25(20)3/h4-8H,1,9-17H2,2-3H3. The van der Waals surface area contributed by atoms with Gasteiger partial charge >= 0.3 is 0 Å². The van der Waals surface area contributed by atoms with E-state index < -0.39 is 0 Å². The van der Waals surface area contributed by atoms with Crippen molar-refractivity contribution >= 4 is 16.9 Å². The van der Waals surface area contributed by atoms with Gasteiger partial charge in [-0.2, -0.15) is 0 Å². The molecule has 0 bridgehead atoms. The molecule has 1 amide bonds. The molecule has 2 aliphatic heterocycles. The number of likely N-dealkylation sites (N-methyl/N-ethyl adjacent to an activating group) is 1. The number of amides is 1. The number of likely N-dealkylation sites (tertiary alicyclic amines) is 1. The highest BCUT2D eigenvalue weighted by atomic mass is 16.2. The molecule has 4 rings (SSSR count). The van der Waals surface area contributed by atoms with Crippen molar-refractivity contribution in [1.29, 1.82) is 0 Å². The van der Waals surface area contributed by atoms with Gasteiger partial charge in [-0.05, 0) is 32.0 Å². The van der Waals surface area contributed by atoms with Crippen molar-refractivity contribution < 1.29 is 4.79 Å². The summed E-state index contributed by atoms with van der Waals surface area (Å²) in [6, 6.07) is 8.31. The van der Waals surface area contributed by atoms with Gasteiger partial charge in [-0.15, -0.1) is 6.58 Å². The highest BCUT2D eigenvalue weighted by molar-refractivity contribution is 5.77. The molecule has 2 fully saturated rings. The van der Waals surface area contributed by atoms with E-state index in [0.717, 1.165) is 56.9 Å². The number of hydrogen-bond donors (Lipinski definition) is 0. The number of carbonyl (C=O) groups excluding carboxylic acids is 1. The third-order valence-electron chi connectivity index (χ3n) is 6.68. The van der Waals surface area contributed by atoms with Crippen molar-refractivity contribution in [2.75, 3.05) is 39.8 Å². The Hall–Kier alpha value is -2.18. The SMILES string of the molecule is C=CCN1CCC2(CCC1=O)CN(Cc1nc3ccccc3n1C)CCN2C. The van der Waals surface area contributed by atoms with Crippen molar-refractivity contribution in [2.24, 2.45) is 7.05 Å². The van der Waals surface area contributed by atoms with Gasteiger partial charge in [0, 0.05) is 51.7 Å². The van der Waals surface area contributed by atoms with E-state index in [1.807, 2.05) is 17.0 Å². The third-order valence-corrected chi connectivity index (χ3v) is 6.68. The number of imidazole rings is 1. The number of aromatic nitrogens is 2. The molecule has 6 heteroatoms. The van der Waals surface area contributed by atoms with Crippen LogP contribution in [0.25, 0.3) is 11.0 Å². The molecule has 28 heavy (non-hydrogen) atoms. The van der Waals surface area contributed by atoms with Gasteiger partial charge in [-0.3, -0.25) is 14.6 Å². The summed E-state index contributed by atoms with van der Waals surface area (Å²) < 4.78 is 2.21. The second-order valence-electron chi connectivity index (χ2n) is 8.31. The minimum atomic E-state index is 0.0639. The van der Waals surface area contributed by atoms with Crippen LogP contribution in [0.4, 0.5) is 0 Å². The van der Waals surface area contributed by atoms with Crippen LogP contribution in [0.3, 0.4) is 0 Å². The maximum atomic E-state index is 12.5. The zero-order valence-corrected chi connectivity index (χ0v) is 17.1. The Labute approximate surface area is 167 Å². The Morgan fingerprint density at radius 1 is 1.18 bits per heavy atom. The number of benzene rings is 1. The lowest BCUT2D eigenvalue weighted by Gasteiger charge is -2.49. The normalized spacial score (nSPS) is 24.8. The maximum absolute atomic E-state index is 12.5. The molecule has 1 atom stereocenters. The fraction of sp³-hybridized carbons (Fsp3) is 0.545. The molecule has 1 aromatic heterocycles. The van der Waals surface area contributed by atoms with E-state index >= 15 is 0 Å². The number of carbonyl (C=O) groups is 1. The van der Waals surface area contributed by atoms with Crippen molar-refractivity contribution in [3.8, 4) is 0 Å². The van der Waals surface area contributed by atoms with E-state index in [1.54, 1.807) is 0 Å². The number of para-hydroxylation sites is 2. The molecular formula is C22H31N5O. The summed E-state index contributed by atoms with van der Waals surface area (Å²) in [6.45, 7) is 9.17. The summed E-state index contributed by atoms with van der Waals surface area (Å²) in [4.78, 5) is 24.3. The first kappa shape index (κ1) is 19.2. The second-order valence-corrected chi connectivity index (χ2v) is 8.31. The van der Waals surface area contributed by atoms with Gasteiger partial charge in [0.25, 0.3) is 0 Å². The Bertz CT molecular complexity index is 875. The number of aryl methyl sites for hydroxylation is 1. The lowest BCUT2D eigenvalue weighted by Crippen LogP contribution is -2.60. The van der Waals surface area contributed by atoms with Crippen molar-refractivity contribution in [3.63, 3.8) is 0 Å². The lowest BCUT2D eigenvalue weighted by molar-refractivity contribution is -0.130. The van der Waals surface area contributed by atoms with Crippen LogP contribution in [0.2, 0.25) is 0 Å². The van der Waals surface area contributed by atoms with Crippen molar-refractivity contribution in [2.45, 2.75) is 31.3 Å². The predicted molar refractivity (Wildman–Crippen MR) is 112 cm³/mol. The van der Waals surface area contributed by atoms with Crippen molar-refractivity contribution in [1.82, 2.24) is 24.3 Å². The molecule has 6 nitrogen and oxygen atoms in total. The highest BCUT2D eigenvalue weighted by Crippen LogP contribution is 2.32. The largest absolute Gasteiger partial charge is 0.339 e. The number of hydrogen-bond acceptors (Lipinski definition) is 4. The molecular weight excluding hydrogens is 350 g/mol. The van der Waals surface area contributed by atoms with Crippen LogP contribution in [-0.2, 0) is 18.4 Å². The Morgan fingerprint density at radius 3 is 2.79 bits per heavy atom. The van der Waals surface area contributed by atoms with E-state index in [2.05, 4.69) is 53.2 Å². The van der Waals surface area contributed by atoms with Gasteiger partial charge in [0.2, 0.25) is 5.91 Å². The Balaban J connectivity index is 1.52. The molecule has 0 saturated carbocycles. The average Bonchev–Trinajstić information content (AvgIpc) is 2.92. The first-order valence-corrected chi connectivity index (χ1v) is 10.2. The number of fused-ring (bicyclic) bond motifs is 1. The number of piperazine rings is 1. The van der Waals surface area contributed by atoms with Crippen LogP contribution in [0.1, 0.15) is 25.1 Å². The van der Waals surface area contributed by atoms with E-state index in [0.29, 0.717) is 13.0 Å². The van der Waals surface area contributed by atoms with Gasteiger partial charge in [-0.1, -0.05) is 18.2 Å². The zero-order chi connectivity index (χ0) is 19.7. The summed E-state index contributed by atoms with van der Waals surface area (Å²) >= 11 is 0. The Morgan fingerprint density at radius 2 is 2.00 bits per heavy atom. The van der Waals surface area contributed by atoms with Crippen LogP contribution in [-0.4, -0.2) is 75.5 Å². The van der Waals surface area contributed by atoms with Crippen LogP contribution in [0.5, 0.6) is 0 Å². The van der Waals surface area contributed by atoms with Crippen LogP contribution >= 0.6 is 0 Å². The smallest absolute Gasteiger partial charge is 0.222 e. The molecule has 2 aliphatic rings. The molecule has 3 heterocycles. The Kier molecular flexibility index (Phi) is 5.25. The van der Waals surface area contributed by atoms with Gasteiger partial charge in [0.15, 0.2) is 0 Å². The summed E-state index contributed by atoms with van der Waals surface area (Å²) in [7, 11) is 4.33. The summed E-state index contributed by atoms with van der Waals surface area (Å²) in [5, 5.41) is 0. The van der Waals surface area contributed by atoms with Gasteiger partial charge in [0.05, 0.1) is 17.6 Å². The minimum Gasteiger partial charge on any atom is -0.339 e. The topological polar surface area (TPSA) is 44.6 Å². The maximum Gasteiger partial charge on any atom is 0.222 e. The van der Waals surface area contributed by atoms with Gasteiger partial charge < -0.3 is 9.47 Å². The quantitative estimate of drug-likeness (QED) is 0.762. The summed E-state index contributed by atoms with van der Waals surface area (Å²) in [6.07, 6.45) is 4.40. The molecule has 1 aromatic carbocycles. The number of rotatable bonds is 4. The molecule has 1 spiro atoms. The molecule has 1 unspecified atom stereocenters. The molecule has 150 valence electrons. The van der Waals surface area contributed by atoms with E-state index in [1.165, 1.54) is 5.52 Å². The monoisotopic (exact) mass is 381 g/mol. The number of nitrogens with zero attached hydrogens (tertiary/aromatic N) is 5. The highest BCUT2D eigenvalue weighted by Gasteiger charge is 2.42. The van der Waals surface area contributed by atoms with E-state index in [-0.39, 0.29) is 11.4 Å². The lowest BCUT2D eigenvalue weighted by atomic mass is 9.86. The van der Waals surface area contributed by atoms with E-state index in [9.17, 15) is 4.79 Å². The molecule has 0 N–H and O–H groups in total. The third kappa shape index (κ3) is 3.47. The van der Waals surface area contributed by atoms with Crippen LogP contribution in [0, 0.1) is 0 Å². The minimum absolute atomic E-state index is 0.0639. The fourth-order valence-corrected chi connectivity index (χ4v) is 4.80. The van der Waals surface area contributed by atoms with Crippen molar-refractivity contribution in [3.05, 3.63) is 42.7 Å². The van der Waals surface area contributed by atoms with Gasteiger partial charge in [0.1, 0.15) is 5.82 Å². The molecule has 2 saturated heterocycles. The summed E-state index contributed by atoms with van der Waals surface area (Å²) in [5.41, 5.74) is 2.31. The van der Waals surface area contributed by atoms with Crippen LogP contribution in [0.15, 0.2) is 36.9 Å². The van der Waals surface area contributed by atoms with E-state index in [4.69, 9.17) is 4.98 Å². The first-order chi connectivity index (χ1) is 13.5. The van der Waals surface area contributed by atoms with Crippen LogP contribution < -0.4 is 0 Å². The second kappa shape index (κ2) is 7.68. The molecule has 2 aromatic rings. The molecule has 0 radical (unpaired) electrons. The predicted octanol–water partition coefficient (Wildman–Crippen LogP) is 2.26. The molecule has 0 aliphatic carbocycles. The average molecular weight is 382 g/mol. The zero-order valence-electron chi connectivity index (χ0n) is 17.1. The first-order valence-electron chi connectivity index (χ1n) is 10.2. The van der Waals surface area contributed by atoms with Gasteiger partial charge in [-0.25, -0.2) is 4.98 Å².